The van der Waals surface area contributed by atoms with Gasteiger partial charge in [-0.25, -0.2) is 18.7 Å². The zero-order valence-corrected chi connectivity index (χ0v) is 22.3. The molecule has 0 atom stereocenters. The Balaban J connectivity index is 1.74. The van der Waals surface area contributed by atoms with E-state index in [-0.39, 0.29) is 34.7 Å². The molecule has 4 rings (SSSR count). The van der Waals surface area contributed by atoms with E-state index < -0.39 is 11.4 Å². The van der Waals surface area contributed by atoms with E-state index in [9.17, 15) is 14.0 Å². The molecule has 0 aliphatic carbocycles. The van der Waals surface area contributed by atoms with Gasteiger partial charge in [0, 0.05) is 26.2 Å². The molecule has 198 valence electrons. The van der Waals surface area contributed by atoms with Crippen molar-refractivity contribution in [2.24, 2.45) is 0 Å². The molecular weight excluding hydrogens is 475 g/mol. The summed E-state index contributed by atoms with van der Waals surface area (Å²) in [6, 6.07) is 11.6. The molecule has 0 saturated carbocycles. The van der Waals surface area contributed by atoms with Gasteiger partial charge in [0.05, 0.1) is 17.2 Å². The number of carbonyl (C=O) groups excluding carboxylic acids is 1. The number of aromatic nitrogens is 2. The number of fused-ring (bicyclic) bond motifs is 1. The van der Waals surface area contributed by atoms with Crippen molar-refractivity contribution < 1.29 is 18.7 Å². The summed E-state index contributed by atoms with van der Waals surface area (Å²) in [5.74, 6) is 0.299. The summed E-state index contributed by atoms with van der Waals surface area (Å²) < 4.78 is 27.8. The summed E-state index contributed by atoms with van der Waals surface area (Å²) >= 11 is 0. The number of piperidine rings is 1. The van der Waals surface area contributed by atoms with Crippen LogP contribution in [0.3, 0.4) is 0 Å². The topological polar surface area (TPSA) is 76.9 Å². The van der Waals surface area contributed by atoms with Crippen molar-refractivity contribution in [2.45, 2.75) is 65.2 Å². The highest BCUT2D eigenvalue weighted by molar-refractivity contribution is 5.80. The number of amides is 1. The maximum absolute atomic E-state index is 14.8. The summed E-state index contributed by atoms with van der Waals surface area (Å²) in [5.41, 5.74) is -0.380. The molecule has 8 nitrogen and oxygen atoms in total. The molecule has 37 heavy (non-hydrogen) atoms. The van der Waals surface area contributed by atoms with Gasteiger partial charge in [0.25, 0.3) is 5.56 Å². The Labute approximate surface area is 216 Å². The lowest BCUT2D eigenvalue weighted by molar-refractivity contribution is 0.0205. The van der Waals surface area contributed by atoms with Crippen LogP contribution < -0.4 is 15.2 Å². The van der Waals surface area contributed by atoms with Gasteiger partial charge in [-0.2, -0.15) is 0 Å². The van der Waals surface area contributed by atoms with E-state index in [1.807, 2.05) is 58.7 Å². The fourth-order valence-electron chi connectivity index (χ4n) is 4.54. The monoisotopic (exact) mass is 510 g/mol. The fraction of sp³-hybridized carbons (Fsp3) is 0.464. The van der Waals surface area contributed by atoms with Gasteiger partial charge in [-0.15, -0.1) is 0 Å². The van der Waals surface area contributed by atoms with Crippen molar-refractivity contribution in [3.63, 3.8) is 0 Å². The number of carbonyl (C=O) groups is 1. The van der Waals surface area contributed by atoms with Crippen molar-refractivity contribution in [3.8, 4) is 11.4 Å². The number of hydrogen-bond acceptors (Lipinski definition) is 6. The Hall–Kier alpha value is -3.62. The van der Waals surface area contributed by atoms with E-state index in [1.165, 1.54) is 16.7 Å². The molecule has 1 amide bonds. The Kier molecular flexibility index (Phi) is 7.43. The lowest BCUT2D eigenvalue weighted by Crippen LogP contribution is -2.48. The van der Waals surface area contributed by atoms with Crippen LogP contribution in [0.2, 0.25) is 0 Å². The average molecular weight is 511 g/mol. The summed E-state index contributed by atoms with van der Waals surface area (Å²) in [7, 11) is 1.85. The normalized spacial score (nSPS) is 14.8. The highest BCUT2D eigenvalue weighted by Gasteiger charge is 2.31. The van der Waals surface area contributed by atoms with Crippen molar-refractivity contribution in [1.82, 2.24) is 14.5 Å². The summed E-state index contributed by atoms with van der Waals surface area (Å²) in [5, 5.41) is 0.191. The highest BCUT2D eigenvalue weighted by atomic mass is 19.1. The first-order valence-electron chi connectivity index (χ1n) is 12.6. The third-order valence-corrected chi connectivity index (χ3v) is 6.28. The van der Waals surface area contributed by atoms with E-state index >= 15 is 0 Å². The molecule has 1 aliphatic rings. The van der Waals surface area contributed by atoms with Gasteiger partial charge in [0.2, 0.25) is 5.95 Å². The highest BCUT2D eigenvalue weighted by Crippen LogP contribution is 2.30. The smallest absolute Gasteiger partial charge is 0.410 e. The van der Waals surface area contributed by atoms with Crippen LogP contribution in [-0.2, 0) is 4.74 Å². The van der Waals surface area contributed by atoms with Gasteiger partial charge in [-0.05, 0) is 71.7 Å². The largest absolute Gasteiger partial charge is 0.489 e. The van der Waals surface area contributed by atoms with Crippen LogP contribution in [-0.4, -0.2) is 58.4 Å². The maximum Gasteiger partial charge on any atom is 0.410 e. The maximum atomic E-state index is 14.8. The quantitative estimate of drug-likeness (QED) is 0.473. The summed E-state index contributed by atoms with van der Waals surface area (Å²) in [6.07, 6.45) is 0.841. The molecule has 0 unspecified atom stereocenters. The molecule has 1 aromatic heterocycles. The third-order valence-electron chi connectivity index (χ3n) is 6.28. The van der Waals surface area contributed by atoms with Gasteiger partial charge >= 0.3 is 6.09 Å². The summed E-state index contributed by atoms with van der Waals surface area (Å²) in [6.45, 7) is 10.4. The molecule has 1 saturated heterocycles. The molecule has 1 aliphatic heterocycles. The number of likely N-dealkylation sites (tertiary alicyclic amines) is 1. The van der Waals surface area contributed by atoms with Gasteiger partial charge in [-0.1, -0.05) is 18.2 Å². The Morgan fingerprint density at radius 1 is 1.11 bits per heavy atom. The van der Waals surface area contributed by atoms with Crippen LogP contribution in [0.1, 0.15) is 47.5 Å². The van der Waals surface area contributed by atoms with Crippen molar-refractivity contribution in [2.75, 3.05) is 25.0 Å². The SMILES string of the molecule is CC(C)Oc1ccccc1-n1c(N(C)C2CCN(C(=O)OC(C)(C)C)CC2)nc2c(F)cccc2c1=O. The fourth-order valence-corrected chi connectivity index (χ4v) is 4.54. The number of hydrogen-bond donors (Lipinski definition) is 0. The van der Waals surface area contributed by atoms with Crippen molar-refractivity contribution in [3.05, 3.63) is 58.6 Å². The molecule has 3 aromatic rings. The van der Waals surface area contributed by atoms with E-state index in [1.54, 1.807) is 23.1 Å². The molecule has 2 heterocycles. The first-order chi connectivity index (χ1) is 17.5. The second-order valence-electron chi connectivity index (χ2n) is 10.6. The molecular formula is C28H35FN4O4. The zero-order valence-electron chi connectivity index (χ0n) is 22.3. The van der Waals surface area contributed by atoms with Crippen molar-refractivity contribution >= 4 is 22.9 Å². The molecule has 1 fully saturated rings. The minimum atomic E-state index is -0.564. The van der Waals surface area contributed by atoms with Crippen LogP contribution in [0.5, 0.6) is 5.75 Å². The standard InChI is InChI=1S/C28H35FN4O4/c1-18(2)36-23-13-8-7-12-22(23)33-25(34)20-10-9-11-21(29)24(20)30-26(33)31(6)19-14-16-32(17-15-19)27(35)37-28(3,4)5/h7-13,18-19H,14-17H2,1-6H3. The molecule has 0 N–H and O–H groups in total. The van der Waals surface area contributed by atoms with Crippen LogP contribution >= 0.6 is 0 Å². The molecule has 0 spiro atoms. The van der Waals surface area contributed by atoms with E-state index in [0.717, 1.165) is 0 Å². The molecule has 2 aromatic carbocycles. The van der Waals surface area contributed by atoms with E-state index in [4.69, 9.17) is 9.47 Å². The predicted molar refractivity (Wildman–Crippen MR) is 142 cm³/mol. The van der Waals surface area contributed by atoms with Crippen LogP contribution in [0.15, 0.2) is 47.3 Å². The molecule has 9 heteroatoms. The second-order valence-corrected chi connectivity index (χ2v) is 10.6. The minimum Gasteiger partial charge on any atom is -0.489 e. The lowest BCUT2D eigenvalue weighted by Gasteiger charge is -2.38. The van der Waals surface area contributed by atoms with Crippen LogP contribution in [0.25, 0.3) is 16.6 Å². The Bertz CT molecular complexity index is 1340. The number of nitrogens with zero attached hydrogens (tertiary/aromatic N) is 4. The van der Waals surface area contributed by atoms with Gasteiger partial charge in [-0.3, -0.25) is 4.79 Å². The Morgan fingerprint density at radius 2 is 1.78 bits per heavy atom. The molecule has 0 radical (unpaired) electrons. The van der Waals surface area contributed by atoms with Gasteiger partial charge < -0.3 is 19.3 Å². The van der Waals surface area contributed by atoms with Gasteiger partial charge in [0.1, 0.15) is 22.7 Å². The number of para-hydroxylation sites is 3. The number of benzene rings is 2. The average Bonchev–Trinajstić information content (AvgIpc) is 2.83. The van der Waals surface area contributed by atoms with E-state index in [0.29, 0.717) is 43.3 Å². The van der Waals surface area contributed by atoms with Crippen LogP contribution in [0.4, 0.5) is 15.1 Å². The first kappa shape index (κ1) is 26.4. The summed E-state index contributed by atoms with van der Waals surface area (Å²) in [4.78, 5) is 34.6. The minimum absolute atomic E-state index is 0.0269. The third kappa shape index (κ3) is 5.70. The molecule has 0 bridgehead atoms. The Morgan fingerprint density at radius 3 is 2.43 bits per heavy atom. The van der Waals surface area contributed by atoms with Gasteiger partial charge in [0.15, 0.2) is 0 Å². The van der Waals surface area contributed by atoms with E-state index in [2.05, 4.69) is 4.98 Å². The lowest BCUT2D eigenvalue weighted by atomic mass is 10.0. The van der Waals surface area contributed by atoms with Crippen molar-refractivity contribution in [1.29, 1.82) is 0 Å². The van der Waals surface area contributed by atoms with Crippen LogP contribution in [0, 0.1) is 5.82 Å². The first-order valence-corrected chi connectivity index (χ1v) is 12.6. The number of halogens is 1. The second kappa shape index (κ2) is 10.4. The number of anilines is 1. The number of ether oxygens (including phenoxy) is 2. The zero-order chi connectivity index (χ0) is 26.9. The number of rotatable bonds is 5. The predicted octanol–water partition coefficient (Wildman–Crippen LogP) is 5.15.